The van der Waals surface area contributed by atoms with E-state index in [0.717, 1.165) is 11.3 Å². The number of hydrogen-bond donors (Lipinski definition) is 11. The molecule has 0 unspecified atom stereocenters. The average molecular weight is 1010 g/mol. The fraction of sp³-hybridized carbons (Fsp3) is 0.766. The van der Waals surface area contributed by atoms with E-state index in [1.807, 2.05) is 6.92 Å². The summed E-state index contributed by atoms with van der Waals surface area (Å²) in [7, 11) is 1.42. The Morgan fingerprint density at radius 2 is 1.21 bits per heavy atom. The highest BCUT2D eigenvalue weighted by Crippen LogP contribution is 2.20. The van der Waals surface area contributed by atoms with Crippen molar-refractivity contribution in [1.29, 1.82) is 0 Å². The summed E-state index contributed by atoms with van der Waals surface area (Å²) in [4.78, 5) is 140. The Balaban J connectivity index is 3.33. The van der Waals surface area contributed by atoms with E-state index in [9.17, 15) is 53.1 Å². The molecule has 10 amide bonds. The minimum absolute atomic E-state index is 0.0853. The number of rotatable bonds is 30. The predicted molar refractivity (Wildman–Crippen MR) is 266 cm³/mol. The van der Waals surface area contributed by atoms with E-state index in [-0.39, 0.29) is 43.7 Å². The Morgan fingerprint density at radius 3 is 1.73 bits per heavy atom. The lowest BCUT2D eigenvalue weighted by Crippen LogP contribution is -2.63. The number of piperidine rings is 1. The molecule has 0 aromatic rings. The van der Waals surface area contributed by atoms with Crippen LogP contribution in [0.5, 0.6) is 0 Å². The van der Waals surface area contributed by atoms with Gasteiger partial charge >= 0.3 is 0 Å². The topological polar surface area (TPSA) is 358 Å². The summed E-state index contributed by atoms with van der Waals surface area (Å²) in [6.45, 7) is 16.5. The molecule has 0 saturated carbocycles. The zero-order valence-electron chi connectivity index (χ0n) is 43.8. The Kier molecular flexibility index (Phi) is 28.4. The number of likely N-dealkylation sites (tertiary alicyclic amines) is 1. The third-order valence-corrected chi connectivity index (χ3v) is 12.5. The number of carbonyl (C=O) groups excluding carboxylic acids is 10. The van der Waals surface area contributed by atoms with Crippen molar-refractivity contribution in [3.8, 4) is 0 Å². The molecule has 0 bridgehead atoms. The van der Waals surface area contributed by atoms with Crippen LogP contribution in [0.3, 0.4) is 0 Å². The third kappa shape index (κ3) is 21.4. The van der Waals surface area contributed by atoms with Crippen LogP contribution in [0.25, 0.3) is 0 Å². The summed E-state index contributed by atoms with van der Waals surface area (Å²) in [6.07, 6.45) is 2.04. The van der Waals surface area contributed by atoms with Crippen LogP contribution in [0.15, 0.2) is 4.99 Å². The zero-order valence-corrected chi connectivity index (χ0v) is 43.8. The molecule has 404 valence electrons. The maximum Gasteiger partial charge on any atom is 0.245 e. The van der Waals surface area contributed by atoms with Crippen molar-refractivity contribution < 1.29 is 53.1 Å². The second kappa shape index (κ2) is 32.0. The Labute approximate surface area is 418 Å². The lowest BCUT2D eigenvalue weighted by Gasteiger charge is -2.37. The fourth-order valence-corrected chi connectivity index (χ4v) is 7.67. The maximum absolute atomic E-state index is 14.2. The van der Waals surface area contributed by atoms with Crippen molar-refractivity contribution >= 4 is 65.0 Å². The van der Waals surface area contributed by atoms with Gasteiger partial charge in [0.25, 0.3) is 0 Å². The molecule has 0 aliphatic carbocycles. The summed E-state index contributed by atoms with van der Waals surface area (Å²) >= 11 is 0. The quantitative estimate of drug-likeness (QED) is 0.0211. The Morgan fingerprint density at radius 1 is 0.676 bits per heavy atom. The van der Waals surface area contributed by atoms with Crippen molar-refractivity contribution in [2.24, 2.45) is 34.2 Å². The standard InChI is InChI=1S/C47H85N13O11/c1-12-19-31(40(65)56-37(27(7)13-2)43(68)54-32(20-18-22-51-47(48)49)46(71)60-23-17-16-21-33(60)41(66)50-15-4)53-45(70)39(29(9)61)58-44(69)38(28(8)14-3)57-42(67)36(26(5)6)55-34(63)24-52-35(64)25-59(11)30(10)62/h26-29,31-33,36-39,61H,12-25H2,1-11H3,(H,50,66)(H,52,64)(H,53,70)(H,54,68)(H,55,63)(H,56,65)(H,57,67)(H,58,69)(H4,48,49,51)/t27-,28-,29+,31-,32-,33-,36-,37-,38+,39-/m0/s1. The van der Waals surface area contributed by atoms with Crippen molar-refractivity contribution in [3.05, 3.63) is 0 Å². The molecule has 1 fully saturated rings. The largest absolute Gasteiger partial charge is 0.391 e. The van der Waals surface area contributed by atoms with E-state index < -0.39 is 120 Å². The van der Waals surface area contributed by atoms with Crippen molar-refractivity contribution in [2.75, 3.05) is 39.8 Å². The van der Waals surface area contributed by atoms with E-state index in [4.69, 9.17) is 11.5 Å². The number of likely N-dealkylation sites (N-methyl/N-ethyl adjacent to an activating group) is 2. The molecular formula is C47H85N13O11. The number of guanidine groups is 1. The van der Waals surface area contributed by atoms with Crippen LogP contribution in [0.2, 0.25) is 0 Å². The van der Waals surface area contributed by atoms with Crippen LogP contribution in [-0.4, -0.2) is 168 Å². The van der Waals surface area contributed by atoms with Gasteiger partial charge in [0.05, 0.1) is 19.2 Å². The monoisotopic (exact) mass is 1010 g/mol. The van der Waals surface area contributed by atoms with Crippen LogP contribution >= 0.6 is 0 Å². The SMILES string of the molecule is CCC[C@H](NC(=O)[C@@H](NC(=O)[C@H](NC(=O)[C@@H](NC(=O)CNC(=O)CN(C)C(C)=O)C(C)C)[C@@H](C)CC)[C@@H](C)O)C(=O)N[C@H](C(=O)N[C@@H](CCCN=C(N)N)C(=O)N1CCCC[C@H]1C(=O)NCC)[C@@H](C)CC. The molecule has 1 saturated heterocycles. The minimum atomic E-state index is -1.62. The van der Waals surface area contributed by atoms with E-state index in [0.29, 0.717) is 51.6 Å². The first-order valence-corrected chi connectivity index (χ1v) is 25.0. The zero-order chi connectivity index (χ0) is 54.1. The van der Waals surface area contributed by atoms with Gasteiger partial charge in [0.15, 0.2) is 5.96 Å². The summed E-state index contributed by atoms with van der Waals surface area (Å²) in [6, 6.07) is -8.33. The van der Waals surface area contributed by atoms with Gasteiger partial charge in [0.1, 0.15) is 42.3 Å². The molecule has 0 aromatic heterocycles. The second-order valence-electron chi connectivity index (χ2n) is 18.7. The summed E-state index contributed by atoms with van der Waals surface area (Å²) in [5.41, 5.74) is 11.0. The van der Waals surface area contributed by atoms with E-state index in [2.05, 4.69) is 47.5 Å². The van der Waals surface area contributed by atoms with Crippen LogP contribution in [0.4, 0.5) is 0 Å². The number of nitrogens with zero attached hydrogens (tertiary/aromatic N) is 3. The Hall–Kier alpha value is -6.07. The van der Waals surface area contributed by atoms with Crippen LogP contribution in [0.1, 0.15) is 127 Å². The molecule has 24 heteroatoms. The molecule has 1 rings (SSSR count). The van der Waals surface area contributed by atoms with Gasteiger partial charge < -0.3 is 68.9 Å². The highest BCUT2D eigenvalue weighted by Gasteiger charge is 2.39. The highest BCUT2D eigenvalue weighted by atomic mass is 16.3. The smallest absolute Gasteiger partial charge is 0.245 e. The lowest BCUT2D eigenvalue weighted by atomic mass is 9.95. The van der Waals surface area contributed by atoms with E-state index in [1.165, 1.54) is 25.8 Å². The maximum atomic E-state index is 14.2. The first-order chi connectivity index (χ1) is 33.3. The van der Waals surface area contributed by atoms with Gasteiger partial charge in [-0.3, -0.25) is 52.9 Å². The molecule has 71 heavy (non-hydrogen) atoms. The predicted octanol–water partition coefficient (Wildman–Crippen LogP) is -2.01. The highest BCUT2D eigenvalue weighted by molar-refractivity contribution is 5.98. The summed E-state index contributed by atoms with van der Waals surface area (Å²) in [5, 5.41) is 32.0. The fourth-order valence-electron chi connectivity index (χ4n) is 7.67. The molecule has 0 radical (unpaired) electrons. The molecule has 10 atom stereocenters. The average Bonchev–Trinajstić information content (AvgIpc) is 3.31. The molecule has 1 aliphatic heterocycles. The number of aliphatic hydroxyl groups is 1. The number of carbonyl (C=O) groups is 10. The molecular weight excluding hydrogens is 923 g/mol. The second-order valence-corrected chi connectivity index (χ2v) is 18.7. The summed E-state index contributed by atoms with van der Waals surface area (Å²) in [5.74, 6) is -7.94. The van der Waals surface area contributed by atoms with Gasteiger partial charge in [-0.25, -0.2) is 0 Å². The molecule has 0 aromatic carbocycles. The lowest BCUT2D eigenvalue weighted by molar-refractivity contribution is -0.145. The Bertz CT molecular complexity index is 1840. The van der Waals surface area contributed by atoms with Crippen molar-refractivity contribution in [2.45, 2.75) is 175 Å². The van der Waals surface area contributed by atoms with Gasteiger partial charge in [-0.1, -0.05) is 67.7 Å². The van der Waals surface area contributed by atoms with Gasteiger partial charge in [0, 0.05) is 33.6 Å². The van der Waals surface area contributed by atoms with E-state index >= 15 is 0 Å². The summed E-state index contributed by atoms with van der Waals surface area (Å²) < 4.78 is 0. The number of amides is 10. The first kappa shape index (κ1) is 62.9. The van der Waals surface area contributed by atoms with E-state index in [1.54, 1.807) is 48.5 Å². The molecule has 0 spiro atoms. The molecule has 24 nitrogen and oxygen atoms in total. The van der Waals surface area contributed by atoms with Gasteiger partial charge in [-0.05, 0) is 70.1 Å². The van der Waals surface area contributed by atoms with Gasteiger partial charge in [0.2, 0.25) is 59.1 Å². The number of aliphatic imine (C=N–C) groups is 1. The normalized spacial score (nSPS) is 17.2. The van der Waals surface area contributed by atoms with Crippen LogP contribution < -0.4 is 54.0 Å². The molecule has 1 aliphatic rings. The minimum Gasteiger partial charge on any atom is -0.391 e. The van der Waals surface area contributed by atoms with Gasteiger partial charge in [-0.15, -0.1) is 0 Å². The first-order valence-electron chi connectivity index (χ1n) is 25.0. The van der Waals surface area contributed by atoms with Gasteiger partial charge in [-0.2, -0.15) is 0 Å². The number of aliphatic hydroxyl groups excluding tert-OH is 1. The van der Waals surface area contributed by atoms with Crippen molar-refractivity contribution in [3.63, 3.8) is 0 Å². The number of nitrogens with two attached hydrogens (primary N) is 2. The number of hydrogen-bond acceptors (Lipinski definition) is 12. The number of nitrogens with one attached hydrogen (secondary N) is 8. The van der Waals surface area contributed by atoms with Crippen LogP contribution in [-0.2, 0) is 47.9 Å². The van der Waals surface area contributed by atoms with Crippen LogP contribution in [0, 0.1) is 17.8 Å². The molecule has 13 N–H and O–H groups in total. The third-order valence-electron chi connectivity index (χ3n) is 12.5. The van der Waals surface area contributed by atoms with Crippen molar-refractivity contribution in [1.82, 2.24) is 52.3 Å². The molecule has 1 heterocycles.